The molecule has 2 fully saturated rings. The molecule has 3 atom stereocenters. The molecular weight excluding hydrogens is 575 g/mol. The molecule has 6 rings (SSSR count). The van der Waals surface area contributed by atoms with Crippen molar-refractivity contribution in [2.24, 2.45) is 11.8 Å². The molecule has 0 radical (unpaired) electrons. The smallest absolute Gasteiger partial charge is 0.398 e. The molecule has 2 heterocycles. The third kappa shape index (κ3) is 5.04. The summed E-state index contributed by atoms with van der Waals surface area (Å²) in [4.78, 5) is 38.9. The number of fused-ring (bicyclic) bond motifs is 1. The third-order valence-corrected chi connectivity index (χ3v) is 9.53. The number of carboxylic acid groups (broad SMARTS) is 1. The van der Waals surface area contributed by atoms with Gasteiger partial charge in [-0.15, -0.1) is 0 Å². The molecule has 2 aromatic rings. The van der Waals surface area contributed by atoms with Crippen LogP contribution in [0.4, 0.5) is 13.2 Å². The lowest BCUT2D eigenvalue weighted by Gasteiger charge is -2.25. The topological polar surface area (TPSA) is 111 Å². The van der Waals surface area contributed by atoms with E-state index in [2.05, 4.69) is 10.4 Å². The van der Waals surface area contributed by atoms with E-state index in [-0.39, 0.29) is 47.4 Å². The number of benzene rings is 1. The van der Waals surface area contributed by atoms with Crippen LogP contribution < -0.4 is 5.32 Å². The molecule has 1 aromatic carbocycles. The number of carbonyl (C=O) groups excluding carboxylic acids is 2. The van der Waals surface area contributed by atoms with Gasteiger partial charge in [0.05, 0.1) is 46.0 Å². The van der Waals surface area contributed by atoms with Gasteiger partial charge >= 0.3 is 12.1 Å². The second kappa shape index (κ2) is 10.8. The van der Waals surface area contributed by atoms with Crippen molar-refractivity contribution in [1.82, 2.24) is 15.1 Å². The van der Waals surface area contributed by atoms with E-state index in [0.717, 1.165) is 15.8 Å². The highest BCUT2D eigenvalue weighted by molar-refractivity contribution is 6.34. The van der Waals surface area contributed by atoms with E-state index in [1.807, 2.05) is 6.08 Å². The zero-order chi connectivity index (χ0) is 29.8. The van der Waals surface area contributed by atoms with Crippen molar-refractivity contribution in [1.29, 1.82) is 0 Å². The summed E-state index contributed by atoms with van der Waals surface area (Å²) in [6, 6.07) is 4.05. The van der Waals surface area contributed by atoms with Crippen molar-refractivity contribution < 1.29 is 37.4 Å². The molecule has 1 amide bonds. The Morgan fingerprint density at radius 3 is 2.50 bits per heavy atom. The molecule has 3 aliphatic carbocycles. The number of halogens is 4. The summed E-state index contributed by atoms with van der Waals surface area (Å²) in [6.45, 7) is 1.01. The number of amides is 1. The van der Waals surface area contributed by atoms with Crippen LogP contribution >= 0.6 is 11.6 Å². The standard InChI is InChI=1S/C30H31ClF3N3O5/c31-22-3-1-2-21(29(11-12-29)30(32,33)34)24(22)27(39)37-23-14-18(26(38)35-19-10-13-42-15-19)8-9-20(23)25(36-37)16-4-6-17(7-5-16)28(40)41/h1-4,17-19H,5-15H2,(H,35,38)(H,40,41). The van der Waals surface area contributed by atoms with Gasteiger partial charge in [0.25, 0.3) is 5.91 Å². The molecule has 8 nitrogen and oxygen atoms in total. The molecule has 224 valence electrons. The SMILES string of the molecule is O=C(O)C1CC=C(c2nn(C(=O)c3c(Cl)cccc3C3(C(F)(F)F)CC3)c3c2CCC(C(=O)NC2CCOC2)C3)CC1. The summed E-state index contributed by atoms with van der Waals surface area (Å²) >= 11 is 6.44. The van der Waals surface area contributed by atoms with Gasteiger partial charge in [0.15, 0.2) is 0 Å². The van der Waals surface area contributed by atoms with E-state index in [4.69, 9.17) is 16.3 Å². The van der Waals surface area contributed by atoms with E-state index in [1.165, 1.54) is 18.2 Å². The first-order chi connectivity index (χ1) is 20.0. The van der Waals surface area contributed by atoms with Gasteiger partial charge in [-0.25, -0.2) is 0 Å². The van der Waals surface area contributed by atoms with E-state index in [1.54, 1.807) is 0 Å². The zero-order valence-electron chi connectivity index (χ0n) is 22.8. The highest BCUT2D eigenvalue weighted by atomic mass is 35.5. The van der Waals surface area contributed by atoms with Crippen molar-refractivity contribution in [2.75, 3.05) is 13.2 Å². The Hall–Kier alpha value is -3.18. The summed E-state index contributed by atoms with van der Waals surface area (Å²) in [5.41, 5.74) is 0.0539. The monoisotopic (exact) mass is 605 g/mol. The number of carbonyl (C=O) groups is 3. The average molecular weight is 606 g/mol. The Labute approximate surface area is 245 Å². The maximum absolute atomic E-state index is 14.2. The number of ether oxygens (including phenoxy) is 1. The van der Waals surface area contributed by atoms with Crippen LogP contribution in [-0.4, -0.2) is 58.1 Å². The van der Waals surface area contributed by atoms with Gasteiger partial charge in [0, 0.05) is 24.5 Å². The van der Waals surface area contributed by atoms with Crippen LogP contribution in [0, 0.1) is 11.8 Å². The molecule has 2 N–H and O–H groups in total. The van der Waals surface area contributed by atoms with Crippen molar-refractivity contribution >= 4 is 35.0 Å². The molecule has 1 aliphatic heterocycles. The van der Waals surface area contributed by atoms with Gasteiger partial charge in [-0.1, -0.05) is 29.8 Å². The lowest BCUT2D eigenvalue weighted by Crippen LogP contribution is -2.41. The predicted molar refractivity (Wildman–Crippen MR) is 146 cm³/mol. The number of rotatable bonds is 6. The summed E-state index contributed by atoms with van der Waals surface area (Å²) in [5.74, 6) is -2.77. The van der Waals surface area contributed by atoms with Crippen molar-refractivity contribution in [3.63, 3.8) is 0 Å². The first-order valence-electron chi connectivity index (χ1n) is 14.3. The van der Waals surface area contributed by atoms with E-state index in [0.29, 0.717) is 63.1 Å². The van der Waals surface area contributed by atoms with Crippen molar-refractivity contribution in [3.8, 4) is 0 Å². The molecule has 42 heavy (non-hydrogen) atoms. The molecule has 3 unspecified atom stereocenters. The molecule has 1 saturated carbocycles. The zero-order valence-corrected chi connectivity index (χ0v) is 23.6. The molecule has 1 aromatic heterocycles. The number of nitrogens with one attached hydrogen (secondary N) is 1. The van der Waals surface area contributed by atoms with Crippen molar-refractivity contribution in [2.45, 2.75) is 75.4 Å². The van der Waals surface area contributed by atoms with Crippen LogP contribution in [0.25, 0.3) is 5.57 Å². The number of allylic oxidation sites excluding steroid dienone is 2. The molecule has 12 heteroatoms. The number of nitrogens with zero attached hydrogens (tertiary/aromatic N) is 2. The van der Waals surface area contributed by atoms with Crippen molar-refractivity contribution in [3.05, 3.63) is 57.4 Å². The minimum atomic E-state index is -4.55. The van der Waals surface area contributed by atoms with Gasteiger partial charge < -0.3 is 15.2 Å². The molecule has 0 spiro atoms. The Kier molecular flexibility index (Phi) is 7.45. The van der Waals surface area contributed by atoms with Crippen LogP contribution in [0.5, 0.6) is 0 Å². The Morgan fingerprint density at radius 1 is 1.12 bits per heavy atom. The summed E-state index contributed by atoms with van der Waals surface area (Å²) < 4.78 is 49.1. The fraction of sp³-hybridized carbons (Fsp3) is 0.533. The van der Waals surface area contributed by atoms with Crippen LogP contribution in [0.1, 0.15) is 77.8 Å². The minimum absolute atomic E-state index is 0.0849. The highest BCUT2D eigenvalue weighted by Gasteiger charge is 2.65. The highest BCUT2D eigenvalue weighted by Crippen LogP contribution is 2.60. The molecular formula is C30H31ClF3N3O5. The quantitative estimate of drug-likeness (QED) is 0.474. The number of carboxylic acids is 1. The second-order valence-electron chi connectivity index (χ2n) is 11.8. The van der Waals surface area contributed by atoms with Gasteiger partial charge in [-0.3, -0.25) is 14.4 Å². The fourth-order valence-electron chi connectivity index (χ4n) is 6.58. The number of alkyl halides is 3. The minimum Gasteiger partial charge on any atom is -0.481 e. The van der Waals surface area contributed by atoms with Gasteiger partial charge in [-0.2, -0.15) is 23.0 Å². The fourth-order valence-corrected chi connectivity index (χ4v) is 6.83. The van der Waals surface area contributed by atoms with Crippen LogP contribution in [0.15, 0.2) is 24.3 Å². The lowest BCUT2D eigenvalue weighted by molar-refractivity contribution is -0.160. The Bertz CT molecular complexity index is 1470. The molecule has 1 saturated heterocycles. The summed E-state index contributed by atoms with van der Waals surface area (Å²) in [6.07, 6.45) is 0.0196. The molecule has 0 bridgehead atoms. The van der Waals surface area contributed by atoms with E-state index < -0.39 is 35.3 Å². The maximum atomic E-state index is 14.2. The number of aromatic nitrogens is 2. The lowest BCUT2D eigenvalue weighted by atomic mass is 9.82. The van der Waals surface area contributed by atoms with E-state index >= 15 is 0 Å². The normalized spacial score (nSPS) is 25.0. The summed E-state index contributed by atoms with van der Waals surface area (Å²) in [5, 5.41) is 17.0. The third-order valence-electron chi connectivity index (χ3n) is 9.21. The number of hydrogen-bond acceptors (Lipinski definition) is 5. The van der Waals surface area contributed by atoms with Gasteiger partial charge in [-0.05, 0) is 68.6 Å². The van der Waals surface area contributed by atoms with E-state index in [9.17, 15) is 32.7 Å². The number of aliphatic carboxylic acids is 1. The number of hydrogen-bond donors (Lipinski definition) is 2. The van der Waals surface area contributed by atoms with Gasteiger partial charge in [0.2, 0.25) is 5.91 Å². The second-order valence-corrected chi connectivity index (χ2v) is 12.2. The average Bonchev–Trinajstić information content (AvgIpc) is 3.48. The van der Waals surface area contributed by atoms with Crippen LogP contribution in [0.2, 0.25) is 5.02 Å². The first kappa shape index (κ1) is 28.9. The first-order valence-corrected chi connectivity index (χ1v) is 14.7. The Morgan fingerprint density at radius 2 is 1.88 bits per heavy atom. The maximum Gasteiger partial charge on any atom is 0.398 e. The van der Waals surface area contributed by atoms with Crippen LogP contribution in [-0.2, 0) is 32.6 Å². The largest absolute Gasteiger partial charge is 0.481 e. The Balaban J connectivity index is 1.40. The van der Waals surface area contributed by atoms with Gasteiger partial charge in [0.1, 0.15) is 0 Å². The predicted octanol–water partition coefficient (Wildman–Crippen LogP) is 5.10. The van der Waals surface area contributed by atoms with Crippen LogP contribution in [0.3, 0.4) is 0 Å². The molecule has 4 aliphatic rings. The summed E-state index contributed by atoms with van der Waals surface area (Å²) in [7, 11) is 0.